The van der Waals surface area contributed by atoms with Crippen molar-refractivity contribution in [2.24, 2.45) is 4.99 Å². The van der Waals surface area contributed by atoms with Gasteiger partial charge >= 0.3 is 11.9 Å². The molecular weight excluding hydrogens is 280 g/mol. The molecule has 8 nitrogen and oxygen atoms in total. The molecule has 1 aromatic rings. The molecule has 3 N–H and O–H groups in total. The molecule has 1 amide bonds. The summed E-state index contributed by atoms with van der Waals surface area (Å²) >= 11 is 0. The van der Waals surface area contributed by atoms with E-state index in [4.69, 9.17) is 10.2 Å². The zero-order chi connectivity index (χ0) is 15.8. The molecule has 0 saturated carbocycles. The Hall–Kier alpha value is -2.99. The van der Waals surface area contributed by atoms with E-state index in [1.807, 2.05) is 0 Å². The predicted octanol–water partition coefficient (Wildman–Crippen LogP) is 0.702. The predicted molar refractivity (Wildman–Crippen MR) is 70.0 cm³/mol. The number of amides is 1. The van der Waals surface area contributed by atoms with Gasteiger partial charge in [-0.05, 0) is 30.7 Å². The van der Waals surface area contributed by atoms with E-state index in [2.05, 4.69) is 10.3 Å². The molecule has 0 radical (unpaired) electrons. The summed E-state index contributed by atoms with van der Waals surface area (Å²) < 4.78 is 0. The maximum absolute atomic E-state index is 11.8. The van der Waals surface area contributed by atoms with Crippen LogP contribution in [0.1, 0.15) is 23.2 Å². The fourth-order valence-electron chi connectivity index (χ4n) is 1.51. The lowest BCUT2D eigenvalue weighted by Gasteiger charge is -2.13. The summed E-state index contributed by atoms with van der Waals surface area (Å²) in [7, 11) is 0. The third-order valence-corrected chi connectivity index (χ3v) is 2.55. The van der Waals surface area contributed by atoms with E-state index >= 15 is 0 Å². The largest absolute Gasteiger partial charge is 0.481 e. The topological polar surface area (TPSA) is 133 Å². The maximum Gasteiger partial charge on any atom is 0.326 e. The highest BCUT2D eigenvalue weighted by molar-refractivity contribution is 5.96. The number of carboxylic acids is 2. The van der Waals surface area contributed by atoms with Crippen molar-refractivity contribution in [3.63, 3.8) is 0 Å². The van der Waals surface area contributed by atoms with Gasteiger partial charge in [-0.15, -0.1) is 0 Å². The Balaban J connectivity index is 2.74. The highest BCUT2D eigenvalue weighted by atomic mass is 16.4. The summed E-state index contributed by atoms with van der Waals surface area (Å²) in [4.78, 5) is 46.6. The van der Waals surface area contributed by atoms with Gasteiger partial charge in [-0.25, -0.2) is 9.59 Å². The first-order valence-corrected chi connectivity index (χ1v) is 5.87. The third-order valence-electron chi connectivity index (χ3n) is 2.55. The molecule has 1 rings (SSSR count). The molecule has 1 aromatic carbocycles. The second kappa shape index (κ2) is 7.56. The number of nitrogens with zero attached hydrogens (tertiary/aromatic N) is 1. The molecule has 1 atom stereocenters. The van der Waals surface area contributed by atoms with Gasteiger partial charge < -0.3 is 15.5 Å². The monoisotopic (exact) mass is 292 g/mol. The van der Waals surface area contributed by atoms with Gasteiger partial charge in [0.1, 0.15) is 6.04 Å². The van der Waals surface area contributed by atoms with Crippen molar-refractivity contribution < 1.29 is 29.4 Å². The lowest BCUT2D eigenvalue weighted by Crippen LogP contribution is -2.41. The van der Waals surface area contributed by atoms with Gasteiger partial charge in [0, 0.05) is 12.0 Å². The van der Waals surface area contributed by atoms with Gasteiger partial charge in [-0.3, -0.25) is 9.59 Å². The number of hydrogen-bond donors (Lipinski definition) is 3. The smallest absolute Gasteiger partial charge is 0.326 e. The van der Waals surface area contributed by atoms with Gasteiger partial charge in [0.25, 0.3) is 5.91 Å². The van der Waals surface area contributed by atoms with Crippen LogP contribution in [0.25, 0.3) is 0 Å². The summed E-state index contributed by atoms with van der Waals surface area (Å²) in [5.74, 6) is -3.12. The van der Waals surface area contributed by atoms with Crippen LogP contribution in [0.3, 0.4) is 0 Å². The van der Waals surface area contributed by atoms with Gasteiger partial charge in [0.2, 0.25) is 6.08 Å². The number of rotatable bonds is 7. The summed E-state index contributed by atoms with van der Waals surface area (Å²) in [6, 6.07) is 4.23. The van der Waals surface area contributed by atoms with E-state index in [0.717, 1.165) is 0 Å². The quantitative estimate of drug-likeness (QED) is 0.500. The van der Waals surface area contributed by atoms with Crippen LogP contribution in [-0.4, -0.2) is 40.2 Å². The Kier molecular flexibility index (Phi) is 5.79. The number of aliphatic carboxylic acids is 2. The molecule has 8 heteroatoms. The number of hydrogen-bond acceptors (Lipinski definition) is 5. The van der Waals surface area contributed by atoms with Crippen molar-refractivity contribution in [1.82, 2.24) is 5.32 Å². The lowest BCUT2D eigenvalue weighted by molar-refractivity contribution is -0.140. The first kappa shape index (κ1) is 16.1. The zero-order valence-corrected chi connectivity index (χ0v) is 10.8. The summed E-state index contributed by atoms with van der Waals surface area (Å²) in [5, 5.41) is 19.7. The van der Waals surface area contributed by atoms with Crippen molar-refractivity contribution in [1.29, 1.82) is 0 Å². The molecular formula is C13H12N2O6. The normalized spacial score (nSPS) is 11.0. The van der Waals surface area contributed by atoms with Gasteiger partial charge in [-0.2, -0.15) is 4.99 Å². The summed E-state index contributed by atoms with van der Waals surface area (Å²) in [6.07, 6.45) is 0.759. The first-order chi connectivity index (χ1) is 9.93. The fourth-order valence-corrected chi connectivity index (χ4v) is 1.51. The Bertz CT molecular complexity index is 589. The highest BCUT2D eigenvalue weighted by Gasteiger charge is 2.21. The number of isocyanates is 1. The minimum Gasteiger partial charge on any atom is -0.481 e. The van der Waals surface area contributed by atoms with E-state index in [1.165, 1.54) is 30.3 Å². The molecule has 0 aliphatic heterocycles. The first-order valence-electron chi connectivity index (χ1n) is 5.87. The fraction of sp³-hybridized carbons (Fsp3) is 0.231. The number of carbonyl (C=O) groups excluding carboxylic acids is 2. The van der Waals surface area contributed by atoms with Crippen molar-refractivity contribution in [2.45, 2.75) is 18.9 Å². The molecule has 1 unspecified atom stereocenters. The van der Waals surface area contributed by atoms with Crippen LogP contribution in [0.5, 0.6) is 0 Å². The Labute approximate surface area is 119 Å². The number of nitrogens with one attached hydrogen (secondary N) is 1. The molecule has 0 aromatic heterocycles. The van der Waals surface area contributed by atoms with Crippen LogP contribution in [0.2, 0.25) is 0 Å². The van der Waals surface area contributed by atoms with Crippen molar-refractivity contribution in [3.05, 3.63) is 29.8 Å². The maximum atomic E-state index is 11.8. The van der Waals surface area contributed by atoms with Crippen LogP contribution in [0, 0.1) is 0 Å². The minimum atomic E-state index is -1.31. The number of aliphatic imine (C=N–C) groups is 1. The van der Waals surface area contributed by atoms with Gasteiger partial charge in [0.15, 0.2) is 0 Å². The van der Waals surface area contributed by atoms with Crippen LogP contribution in [0.4, 0.5) is 5.69 Å². The minimum absolute atomic E-state index is 0.168. The zero-order valence-electron chi connectivity index (χ0n) is 10.8. The standard InChI is InChI=1S/C13H12N2O6/c16-7-14-9-3-1-8(2-4-9)12(19)15-10(13(20)21)5-6-11(17)18/h1-4,10H,5-6H2,(H,15,19)(H,17,18)(H,20,21). The van der Waals surface area contributed by atoms with Crippen LogP contribution in [0.15, 0.2) is 29.3 Å². The van der Waals surface area contributed by atoms with Crippen molar-refractivity contribution >= 4 is 29.6 Å². The van der Waals surface area contributed by atoms with Crippen LogP contribution >= 0.6 is 0 Å². The van der Waals surface area contributed by atoms with E-state index in [-0.39, 0.29) is 18.4 Å². The average molecular weight is 292 g/mol. The number of carbonyl (C=O) groups is 3. The Morgan fingerprint density at radius 2 is 1.81 bits per heavy atom. The summed E-state index contributed by atoms with van der Waals surface area (Å²) in [6.45, 7) is 0. The van der Waals surface area contributed by atoms with Gasteiger partial charge in [0.05, 0.1) is 5.69 Å². The SMILES string of the molecule is O=C=Nc1ccc(C(=O)NC(CCC(=O)O)C(=O)O)cc1. The Morgan fingerprint density at radius 1 is 1.19 bits per heavy atom. The van der Waals surface area contributed by atoms with E-state index in [9.17, 15) is 19.2 Å². The van der Waals surface area contributed by atoms with E-state index in [1.54, 1.807) is 0 Å². The van der Waals surface area contributed by atoms with Crippen LogP contribution < -0.4 is 5.32 Å². The van der Waals surface area contributed by atoms with E-state index in [0.29, 0.717) is 5.69 Å². The average Bonchev–Trinajstić information content (AvgIpc) is 2.43. The van der Waals surface area contributed by atoms with Crippen molar-refractivity contribution in [2.75, 3.05) is 0 Å². The third kappa shape index (κ3) is 5.25. The van der Waals surface area contributed by atoms with Crippen LogP contribution in [-0.2, 0) is 14.4 Å². The Morgan fingerprint density at radius 3 is 2.29 bits per heavy atom. The molecule has 0 aliphatic carbocycles. The molecule has 0 saturated heterocycles. The molecule has 0 heterocycles. The van der Waals surface area contributed by atoms with E-state index < -0.39 is 23.9 Å². The second-order valence-electron chi connectivity index (χ2n) is 4.05. The van der Waals surface area contributed by atoms with Crippen molar-refractivity contribution in [3.8, 4) is 0 Å². The van der Waals surface area contributed by atoms with Gasteiger partial charge in [-0.1, -0.05) is 0 Å². The summed E-state index contributed by atoms with van der Waals surface area (Å²) in [5.41, 5.74) is 0.476. The highest BCUT2D eigenvalue weighted by Crippen LogP contribution is 2.12. The second-order valence-corrected chi connectivity index (χ2v) is 4.05. The number of benzene rings is 1. The molecule has 0 aliphatic rings. The number of carboxylic acid groups (broad SMARTS) is 2. The molecule has 110 valence electrons. The molecule has 21 heavy (non-hydrogen) atoms. The molecule has 0 fully saturated rings. The lowest BCUT2D eigenvalue weighted by atomic mass is 10.1. The molecule has 0 bridgehead atoms. The molecule has 0 spiro atoms.